The molecule has 0 bridgehead atoms. The number of likely N-dealkylation sites (N-methyl/N-ethyl adjacent to an activating group) is 1. The second-order valence-electron chi connectivity index (χ2n) is 3.76. The Morgan fingerprint density at radius 1 is 1.44 bits per heavy atom. The minimum Gasteiger partial charge on any atom is -0.366 e. The number of primary amides is 1. The minimum absolute atomic E-state index is 0.430. The topological polar surface area (TPSA) is 67.1 Å². The molecular weight excluding hydrogens is 202 g/mol. The fourth-order valence-corrected chi connectivity index (χ4v) is 1.85. The number of fused-ring (bicyclic) bond motifs is 1. The molecule has 0 aromatic heterocycles. The van der Waals surface area contributed by atoms with E-state index < -0.39 is 11.6 Å². The van der Waals surface area contributed by atoms with Crippen LogP contribution in [0.15, 0.2) is 24.3 Å². The van der Waals surface area contributed by atoms with Crippen molar-refractivity contribution in [2.24, 2.45) is 5.73 Å². The van der Waals surface area contributed by atoms with Gasteiger partial charge in [-0.3, -0.25) is 10.1 Å². The van der Waals surface area contributed by atoms with E-state index in [1.54, 1.807) is 0 Å². The summed E-state index contributed by atoms with van der Waals surface area (Å²) >= 11 is 0. The van der Waals surface area contributed by atoms with Crippen LogP contribution < -0.4 is 26.8 Å². The second kappa shape index (κ2) is 3.98. The van der Waals surface area contributed by atoms with Gasteiger partial charge in [-0.2, -0.15) is 0 Å². The van der Waals surface area contributed by atoms with Crippen LogP contribution in [0.1, 0.15) is 6.92 Å². The molecule has 84 valence electrons. The number of nitrogens with two attached hydrogens (primary N) is 1. The highest BCUT2D eigenvalue weighted by Gasteiger charge is 2.33. The van der Waals surface area contributed by atoms with Crippen LogP contribution in [0.3, 0.4) is 0 Å². The fourth-order valence-electron chi connectivity index (χ4n) is 1.85. The first kappa shape index (κ1) is 10.7. The number of hydrogen-bond acceptors (Lipinski definition) is 3. The molecule has 0 saturated carbocycles. The molecule has 0 radical (unpaired) electrons. The SMILES string of the molecule is CCNC1(C(N)=O)C=c2ccccc2=CN1. The van der Waals surface area contributed by atoms with Crippen LogP contribution in [0.5, 0.6) is 0 Å². The molecule has 1 heterocycles. The maximum Gasteiger partial charge on any atom is 0.262 e. The van der Waals surface area contributed by atoms with Gasteiger partial charge in [0.05, 0.1) is 0 Å². The minimum atomic E-state index is -0.969. The van der Waals surface area contributed by atoms with Crippen molar-refractivity contribution in [3.8, 4) is 0 Å². The monoisotopic (exact) mass is 217 g/mol. The van der Waals surface area contributed by atoms with Crippen molar-refractivity contribution < 1.29 is 4.79 Å². The van der Waals surface area contributed by atoms with Crippen LogP contribution in [0.2, 0.25) is 0 Å². The van der Waals surface area contributed by atoms with Crippen molar-refractivity contribution in [3.63, 3.8) is 0 Å². The Hall–Kier alpha value is -1.81. The molecule has 0 saturated heterocycles. The largest absolute Gasteiger partial charge is 0.366 e. The van der Waals surface area contributed by atoms with E-state index in [4.69, 9.17) is 5.73 Å². The number of carbonyl (C=O) groups is 1. The van der Waals surface area contributed by atoms with Gasteiger partial charge in [-0.15, -0.1) is 0 Å². The molecule has 0 aliphatic carbocycles. The van der Waals surface area contributed by atoms with Crippen LogP contribution in [-0.2, 0) is 4.79 Å². The smallest absolute Gasteiger partial charge is 0.262 e. The number of rotatable bonds is 3. The van der Waals surface area contributed by atoms with Crippen molar-refractivity contribution in [3.05, 3.63) is 34.7 Å². The highest BCUT2D eigenvalue weighted by atomic mass is 16.2. The molecule has 1 aromatic rings. The van der Waals surface area contributed by atoms with Crippen molar-refractivity contribution in [1.29, 1.82) is 0 Å². The fraction of sp³-hybridized carbons (Fsp3) is 0.250. The summed E-state index contributed by atoms with van der Waals surface area (Å²) in [6.45, 7) is 2.59. The molecule has 1 aliphatic heterocycles. The summed E-state index contributed by atoms with van der Waals surface area (Å²) < 4.78 is 0. The van der Waals surface area contributed by atoms with Gasteiger partial charge in [0.15, 0.2) is 5.66 Å². The molecule has 2 rings (SSSR count). The normalized spacial score (nSPS) is 22.3. The highest BCUT2D eigenvalue weighted by molar-refractivity contribution is 5.92. The molecular formula is C12H15N3O. The van der Waals surface area contributed by atoms with Gasteiger partial charge in [-0.1, -0.05) is 31.2 Å². The number of amides is 1. The highest BCUT2D eigenvalue weighted by Crippen LogP contribution is 2.03. The number of nitrogens with one attached hydrogen (secondary N) is 2. The van der Waals surface area contributed by atoms with Gasteiger partial charge in [0, 0.05) is 6.20 Å². The molecule has 0 spiro atoms. The summed E-state index contributed by atoms with van der Waals surface area (Å²) in [6, 6.07) is 7.83. The number of carbonyl (C=O) groups excluding carboxylic acids is 1. The zero-order chi connectivity index (χ0) is 11.6. The standard InChI is InChI=1S/C12H15N3O/c1-2-14-12(11(13)16)7-9-5-3-4-6-10(9)8-15-12/h3-8,14-15H,2H2,1H3,(H2,13,16). The third kappa shape index (κ3) is 1.67. The van der Waals surface area contributed by atoms with Gasteiger partial charge in [0.2, 0.25) is 0 Å². The lowest BCUT2D eigenvalue weighted by molar-refractivity contribution is -0.122. The van der Waals surface area contributed by atoms with E-state index in [1.165, 1.54) is 0 Å². The first-order valence-electron chi connectivity index (χ1n) is 5.29. The third-order valence-corrected chi connectivity index (χ3v) is 2.67. The van der Waals surface area contributed by atoms with Gasteiger partial charge in [0.1, 0.15) is 0 Å². The van der Waals surface area contributed by atoms with E-state index in [0.717, 1.165) is 10.4 Å². The lowest BCUT2D eigenvalue weighted by Gasteiger charge is -2.30. The quantitative estimate of drug-likeness (QED) is 0.583. The van der Waals surface area contributed by atoms with Crippen molar-refractivity contribution in [1.82, 2.24) is 10.6 Å². The average molecular weight is 217 g/mol. The van der Waals surface area contributed by atoms with Crippen LogP contribution in [0.25, 0.3) is 12.3 Å². The van der Waals surface area contributed by atoms with Crippen LogP contribution in [0, 0.1) is 0 Å². The van der Waals surface area contributed by atoms with Crippen LogP contribution in [0.4, 0.5) is 0 Å². The van der Waals surface area contributed by atoms with Gasteiger partial charge >= 0.3 is 0 Å². The molecule has 4 N–H and O–H groups in total. The molecule has 1 aromatic carbocycles. The predicted molar refractivity (Wildman–Crippen MR) is 63.4 cm³/mol. The summed E-state index contributed by atoms with van der Waals surface area (Å²) in [6.07, 6.45) is 3.64. The maximum atomic E-state index is 11.5. The van der Waals surface area contributed by atoms with Crippen molar-refractivity contribution >= 4 is 18.2 Å². The maximum absolute atomic E-state index is 11.5. The molecule has 16 heavy (non-hydrogen) atoms. The lowest BCUT2D eigenvalue weighted by Crippen LogP contribution is -2.65. The molecule has 4 nitrogen and oxygen atoms in total. The summed E-state index contributed by atoms with van der Waals surface area (Å²) in [7, 11) is 0. The molecule has 4 heteroatoms. The lowest BCUT2D eigenvalue weighted by atomic mass is 10.0. The van der Waals surface area contributed by atoms with E-state index in [1.807, 2.05) is 43.5 Å². The first-order valence-corrected chi connectivity index (χ1v) is 5.29. The molecule has 1 aliphatic rings. The van der Waals surface area contributed by atoms with Crippen LogP contribution >= 0.6 is 0 Å². The van der Waals surface area contributed by atoms with E-state index in [9.17, 15) is 4.79 Å². The zero-order valence-corrected chi connectivity index (χ0v) is 9.16. The Bertz CT molecular complexity index is 523. The van der Waals surface area contributed by atoms with Crippen molar-refractivity contribution in [2.45, 2.75) is 12.6 Å². The number of benzene rings is 1. The first-order chi connectivity index (χ1) is 7.68. The third-order valence-electron chi connectivity index (χ3n) is 2.67. The van der Waals surface area contributed by atoms with E-state index >= 15 is 0 Å². The average Bonchev–Trinajstić information content (AvgIpc) is 2.29. The Morgan fingerprint density at radius 2 is 2.12 bits per heavy atom. The van der Waals surface area contributed by atoms with Gasteiger partial charge in [-0.25, -0.2) is 0 Å². The molecule has 1 atom stereocenters. The second-order valence-corrected chi connectivity index (χ2v) is 3.76. The predicted octanol–water partition coefficient (Wildman–Crippen LogP) is -1.40. The van der Waals surface area contributed by atoms with E-state index in [-0.39, 0.29) is 0 Å². The Kier molecular flexibility index (Phi) is 2.66. The Labute approximate surface area is 93.8 Å². The van der Waals surface area contributed by atoms with Crippen LogP contribution in [-0.4, -0.2) is 18.1 Å². The van der Waals surface area contributed by atoms with E-state index in [0.29, 0.717) is 6.54 Å². The number of hydrogen-bond donors (Lipinski definition) is 3. The van der Waals surface area contributed by atoms with Gasteiger partial charge in [0.25, 0.3) is 5.91 Å². The summed E-state index contributed by atoms with van der Waals surface area (Å²) in [5, 5.41) is 8.14. The van der Waals surface area contributed by atoms with Gasteiger partial charge in [-0.05, 0) is 23.1 Å². The Morgan fingerprint density at radius 3 is 2.75 bits per heavy atom. The zero-order valence-electron chi connectivity index (χ0n) is 9.16. The van der Waals surface area contributed by atoms with Gasteiger partial charge < -0.3 is 11.1 Å². The van der Waals surface area contributed by atoms with Crippen molar-refractivity contribution in [2.75, 3.05) is 6.54 Å². The summed E-state index contributed by atoms with van der Waals surface area (Å²) in [4.78, 5) is 11.5. The Balaban J connectivity index is 2.56. The van der Waals surface area contributed by atoms with E-state index in [2.05, 4.69) is 10.6 Å². The summed E-state index contributed by atoms with van der Waals surface area (Å²) in [5.74, 6) is -0.430. The molecule has 1 unspecified atom stereocenters. The molecule has 1 amide bonds. The molecule has 0 fully saturated rings. The summed E-state index contributed by atoms with van der Waals surface area (Å²) in [5.41, 5.74) is 4.46.